The summed E-state index contributed by atoms with van der Waals surface area (Å²) in [5, 5.41) is 15.9. The van der Waals surface area contributed by atoms with E-state index in [1.807, 2.05) is 0 Å². The number of aliphatic hydroxyl groups is 1. The van der Waals surface area contributed by atoms with Gasteiger partial charge in [-0.2, -0.15) is 0 Å². The van der Waals surface area contributed by atoms with Gasteiger partial charge >= 0.3 is 0 Å². The van der Waals surface area contributed by atoms with Gasteiger partial charge in [0.05, 0.1) is 12.0 Å². The van der Waals surface area contributed by atoms with Crippen LogP contribution in [0.3, 0.4) is 0 Å². The lowest BCUT2D eigenvalue weighted by Gasteiger charge is -2.25. The molecular weight excluding hydrogens is 216 g/mol. The molecule has 1 aliphatic heterocycles. The summed E-state index contributed by atoms with van der Waals surface area (Å²) in [4.78, 5) is 11.8. The molecule has 1 amide bonds. The van der Waals surface area contributed by atoms with E-state index in [2.05, 4.69) is 31.4 Å². The number of hydrogen-bond acceptors (Lipinski definition) is 3. The summed E-state index contributed by atoms with van der Waals surface area (Å²) in [7, 11) is 0. The summed E-state index contributed by atoms with van der Waals surface area (Å²) in [5.41, 5.74) is 0.0938. The molecule has 1 heterocycles. The first-order chi connectivity index (χ1) is 7.88. The van der Waals surface area contributed by atoms with E-state index < -0.39 is 6.10 Å². The molecule has 1 rings (SSSR count). The van der Waals surface area contributed by atoms with E-state index in [1.165, 1.54) is 0 Å². The van der Waals surface area contributed by atoms with Gasteiger partial charge in [0.1, 0.15) is 0 Å². The molecule has 0 aromatic heterocycles. The average molecular weight is 242 g/mol. The third-order valence-corrected chi connectivity index (χ3v) is 3.03. The molecule has 1 saturated heterocycles. The van der Waals surface area contributed by atoms with Gasteiger partial charge in [0.25, 0.3) is 0 Å². The lowest BCUT2D eigenvalue weighted by atomic mass is 9.89. The van der Waals surface area contributed by atoms with E-state index in [4.69, 9.17) is 0 Å². The van der Waals surface area contributed by atoms with Crippen molar-refractivity contribution in [3.8, 4) is 0 Å². The number of piperidine rings is 1. The molecule has 0 spiro atoms. The summed E-state index contributed by atoms with van der Waals surface area (Å²) in [6.07, 6.45) is 2.27. The Balaban J connectivity index is 2.22. The van der Waals surface area contributed by atoms with E-state index in [9.17, 15) is 9.90 Å². The van der Waals surface area contributed by atoms with E-state index in [0.29, 0.717) is 13.0 Å². The van der Waals surface area contributed by atoms with Gasteiger partial charge in [-0.05, 0) is 31.2 Å². The maximum atomic E-state index is 11.8. The Bertz CT molecular complexity index is 242. The van der Waals surface area contributed by atoms with Gasteiger partial charge in [-0.1, -0.05) is 20.8 Å². The highest BCUT2D eigenvalue weighted by Crippen LogP contribution is 2.20. The highest BCUT2D eigenvalue weighted by atomic mass is 16.3. The fourth-order valence-electron chi connectivity index (χ4n) is 2.22. The van der Waals surface area contributed by atoms with Crippen molar-refractivity contribution >= 4 is 5.91 Å². The first-order valence-electron chi connectivity index (χ1n) is 6.55. The van der Waals surface area contributed by atoms with Crippen LogP contribution in [0.2, 0.25) is 0 Å². The zero-order valence-electron chi connectivity index (χ0n) is 11.3. The third-order valence-electron chi connectivity index (χ3n) is 3.03. The van der Waals surface area contributed by atoms with Gasteiger partial charge in [-0.25, -0.2) is 0 Å². The van der Waals surface area contributed by atoms with Crippen LogP contribution in [0, 0.1) is 11.3 Å². The van der Waals surface area contributed by atoms with E-state index in [0.717, 1.165) is 25.9 Å². The normalized spacial score (nSPS) is 23.2. The van der Waals surface area contributed by atoms with Crippen LogP contribution in [0.4, 0.5) is 0 Å². The molecule has 0 aliphatic carbocycles. The summed E-state index contributed by atoms with van der Waals surface area (Å²) in [6.45, 7) is 8.40. The Kier molecular flexibility index (Phi) is 5.40. The summed E-state index contributed by atoms with van der Waals surface area (Å²) < 4.78 is 0. The number of carbonyl (C=O) groups is 1. The van der Waals surface area contributed by atoms with Crippen LogP contribution in [0.1, 0.15) is 40.0 Å². The largest absolute Gasteiger partial charge is 0.391 e. The fraction of sp³-hybridized carbons (Fsp3) is 0.923. The zero-order valence-corrected chi connectivity index (χ0v) is 11.3. The maximum absolute atomic E-state index is 11.8. The molecule has 0 saturated carbocycles. The first kappa shape index (κ1) is 14.5. The van der Waals surface area contributed by atoms with Crippen molar-refractivity contribution in [2.24, 2.45) is 11.3 Å². The zero-order chi connectivity index (χ0) is 12.9. The second-order valence-corrected chi connectivity index (χ2v) is 6.21. The lowest BCUT2D eigenvalue weighted by Crippen LogP contribution is -2.43. The molecule has 0 aromatic rings. The maximum Gasteiger partial charge on any atom is 0.224 e. The molecule has 1 aliphatic rings. The minimum atomic E-state index is -0.449. The number of aliphatic hydroxyl groups excluding tert-OH is 1. The lowest BCUT2D eigenvalue weighted by molar-refractivity contribution is -0.126. The first-order valence-corrected chi connectivity index (χ1v) is 6.55. The molecule has 0 bridgehead atoms. The number of carbonyl (C=O) groups excluding carboxylic acids is 1. The molecule has 0 aromatic carbocycles. The summed E-state index contributed by atoms with van der Waals surface area (Å²) >= 11 is 0. The fourth-order valence-corrected chi connectivity index (χ4v) is 2.22. The summed E-state index contributed by atoms with van der Waals surface area (Å²) in [5.74, 6) is 0.149. The molecule has 0 radical (unpaired) electrons. The quantitative estimate of drug-likeness (QED) is 0.686. The van der Waals surface area contributed by atoms with Crippen LogP contribution in [0.15, 0.2) is 0 Å². The van der Waals surface area contributed by atoms with Gasteiger partial charge in [0.15, 0.2) is 0 Å². The average Bonchev–Trinajstić information content (AvgIpc) is 2.25. The molecule has 3 N–H and O–H groups in total. The summed E-state index contributed by atoms with van der Waals surface area (Å²) in [6, 6.07) is 0. The van der Waals surface area contributed by atoms with Gasteiger partial charge < -0.3 is 15.7 Å². The van der Waals surface area contributed by atoms with Crippen LogP contribution in [0.25, 0.3) is 0 Å². The Morgan fingerprint density at radius 2 is 2.24 bits per heavy atom. The van der Waals surface area contributed by atoms with Gasteiger partial charge in [-0.15, -0.1) is 0 Å². The Morgan fingerprint density at radius 1 is 1.53 bits per heavy atom. The molecule has 4 nitrogen and oxygen atoms in total. The molecule has 1 unspecified atom stereocenters. The van der Waals surface area contributed by atoms with E-state index >= 15 is 0 Å². The highest BCUT2D eigenvalue weighted by Gasteiger charge is 2.22. The second kappa shape index (κ2) is 6.36. The third kappa shape index (κ3) is 6.03. The second-order valence-electron chi connectivity index (χ2n) is 6.21. The smallest absolute Gasteiger partial charge is 0.224 e. The predicted molar refractivity (Wildman–Crippen MR) is 68.7 cm³/mol. The van der Waals surface area contributed by atoms with Crippen LogP contribution < -0.4 is 10.6 Å². The van der Waals surface area contributed by atoms with Crippen molar-refractivity contribution in [3.63, 3.8) is 0 Å². The van der Waals surface area contributed by atoms with E-state index in [-0.39, 0.29) is 17.2 Å². The van der Waals surface area contributed by atoms with Crippen LogP contribution in [-0.4, -0.2) is 36.8 Å². The van der Waals surface area contributed by atoms with Crippen molar-refractivity contribution in [2.45, 2.75) is 46.1 Å². The number of hydrogen-bond donors (Lipinski definition) is 3. The molecule has 2 atom stereocenters. The Hall–Kier alpha value is -0.610. The minimum absolute atomic E-state index is 0.0742. The monoisotopic (exact) mass is 242 g/mol. The van der Waals surface area contributed by atoms with Crippen molar-refractivity contribution in [2.75, 3.05) is 19.6 Å². The van der Waals surface area contributed by atoms with Crippen LogP contribution >= 0.6 is 0 Å². The number of nitrogens with one attached hydrogen (secondary N) is 2. The Morgan fingerprint density at radius 3 is 2.76 bits per heavy atom. The minimum Gasteiger partial charge on any atom is -0.391 e. The number of rotatable bonds is 4. The van der Waals surface area contributed by atoms with E-state index in [1.54, 1.807) is 0 Å². The molecule has 17 heavy (non-hydrogen) atoms. The van der Waals surface area contributed by atoms with Crippen molar-refractivity contribution in [1.82, 2.24) is 10.6 Å². The van der Waals surface area contributed by atoms with Gasteiger partial charge in [0.2, 0.25) is 5.91 Å². The molecule has 4 heteroatoms. The highest BCUT2D eigenvalue weighted by molar-refractivity contribution is 5.78. The number of amides is 1. The van der Waals surface area contributed by atoms with Crippen LogP contribution in [-0.2, 0) is 4.79 Å². The van der Waals surface area contributed by atoms with Crippen LogP contribution in [0.5, 0.6) is 0 Å². The SMILES string of the molecule is CC(C)(C)CC(O)CNC(=O)[C@H]1CCCNC1. The topological polar surface area (TPSA) is 61.4 Å². The predicted octanol–water partition coefficient (Wildman–Crippen LogP) is 0.899. The van der Waals surface area contributed by atoms with Crippen molar-refractivity contribution < 1.29 is 9.90 Å². The standard InChI is InChI=1S/C13H26N2O2/c1-13(2,3)7-11(16)9-15-12(17)10-5-4-6-14-8-10/h10-11,14,16H,4-9H2,1-3H3,(H,15,17)/t10-,11?/m0/s1. The molecule has 100 valence electrons. The van der Waals surface area contributed by atoms with Crippen molar-refractivity contribution in [3.05, 3.63) is 0 Å². The van der Waals surface area contributed by atoms with Gasteiger partial charge in [0, 0.05) is 13.1 Å². The Labute approximate surface area is 104 Å². The van der Waals surface area contributed by atoms with Gasteiger partial charge in [-0.3, -0.25) is 4.79 Å². The molecular formula is C13H26N2O2. The molecule has 1 fully saturated rings. The van der Waals surface area contributed by atoms with Crippen molar-refractivity contribution in [1.29, 1.82) is 0 Å².